The van der Waals surface area contributed by atoms with Crippen LogP contribution in [0.1, 0.15) is 12.5 Å². The van der Waals surface area contributed by atoms with Gasteiger partial charge in [-0.05, 0) is 25.1 Å². The number of nitrogens with one attached hydrogen (secondary N) is 1. The van der Waals surface area contributed by atoms with Gasteiger partial charge in [0.2, 0.25) is 0 Å². The summed E-state index contributed by atoms with van der Waals surface area (Å²) in [7, 11) is 1.42. The number of methoxy groups -OCH3 is 1. The molecule has 0 spiro atoms. The Hall–Kier alpha value is -1.90. The van der Waals surface area contributed by atoms with E-state index in [1.54, 1.807) is 6.92 Å². The Morgan fingerprint density at radius 2 is 2.33 bits per heavy atom. The molecule has 0 aliphatic carbocycles. The third-order valence-electron chi connectivity index (χ3n) is 2.26. The molecule has 0 aliphatic heterocycles. The lowest BCUT2D eigenvalue weighted by Crippen LogP contribution is -2.26. The van der Waals surface area contributed by atoms with Crippen LogP contribution < -0.4 is 5.32 Å². The molecule has 0 radical (unpaired) electrons. The highest BCUT2D eigenvalue weighted by atomic mass is 19.1. The number of rotatable bonds is 3. The van der Waals surface area contributed by atoms with Gasteiger partial charge in [-0.2, -0.15) is 0 Å². The van der Waals surface area contributed by atoms with Gasteiger partial charge in [0.15, 0.2) is 0 Å². The summed E-state index contributed by atoms with van der Waals surface area (Å²) in [5, 5.41) is 11.2. The van der Waals surface area contributed by atoms with Gasteiger partial charge in [-0.1, -0.05) is 11.8 Å². The van der Waals surface area contributed by atoms with Crippen molar-refractivity contribution in [2.24, 2.45) is 0 Å². The highest BCUT2D eigenvalue weighted by molar-refractivity contribution is 5.95. The predicted octanol–water partition coefficient (Wildman–Crippen LogP) is 1.14. The zero-order valence-corrected chi connectivity index (χ0v) is 10.2. The number of carbonyl (C=O) groups excluding carboxylic acids is 1. The molecule has 0 fully saturated rings. The molecule has 1 aromatic carbocycles. The van der Waals surface area contributed by atoms with Crippen LogP contribution in [-0.2, 0) is 9.53 Å². The number of carbonyl (C=O) groups is 1. The maximum atomic E-state index is 13.1. The van der Waals surface area contributed by atoms with Crippen LogP contribution in [0, 0.1) is 17.7 Å². The second-order valence-corrected chi connectivity index (χ2v) is 3.52. The van der Waals surface area contributed by atoms with Crippen molar-refractivity contribution in [1.29, 1.82) is 0 Å². The zero-order valence-electron chi connectivity index (χ0n) is 10.2. The Bertz CT molecular complexity index is 491. The van der Waals surface area contributed by atoms with Crippen LogP contribution in [0.15, 0.2) is 18.2 Å². The summed E-state index contributed by atoms with van der Waals surface area (Å²) in [5.74, 6) is 4.16. The summed E-state index contributed by atoms with van der Waals surface area (Å²) >= 11 is 0. The van der Waals surface area contributed by atoms with E-state index in [0.29, 0.717) is 11.3 Å². The molecule has 0 saturated heterocycles. The molecule has 4 nitrogen and oxygen atoms in total. The smallest absolute Gasteiger partial charge is 0.253 e. The fourth-order valence-corrected chi connectivity index (χ4v) is 1.21. The predicted molar refractivity (Wildman–Crippen MR) is 65.5 cm³/mol. The molecule has 2 N–H and O–H groups in total. The monoisotopic (exact) mass is 251 g/mol. The van der Waals surface area contributed by atoms with E-state index in [1.807, 2.05) is 0 Å². The van der Waals surface area contributed by atoms with Crippen molar-refractivity contribution in [3.05, 3.63) is 29.6 Å². The van der Waals surface area contributed by atoms with Crippen LogP contribution in [0.3, 0.4) is 0 Å². The van der Waals surface area contributed by atoms with Crippen molar-refractivity contribution >= 4 is 11.6 Å². The molecular formula is C13H14FNO3. The van der Waals surface area contributed by atoms with Gasteiger partial charge < -0.3 is 15.2 Å². The number of aliphatic hydroxyl groups is 1. The number of aliphatic hydroxyl groups excluding tert-OH is 1. The molecule has 1 unspecified atom stereocenters. The van der Waals surface area contributed by atoms with Crippen molar-refractivity contribution in [1.82, 2.24) is 0 Å². The molecule has 0 aromatic heterocycles. The van der Waals surface area contributed by atoms with Gasteiger partial charge in [-0.3, -0.25) is 4.79 Å². The number of hydrogen-bond acceptors (Lipinski definition) is 3. The van der Waals surface area contributed by atoms with Crippen molar-refractivity contribution in [3.63, 3.8) is 0 Å². The molecule has 0 heterocycles. The molecule has 1 aromatic rings. The van der Waals surface area contributed by atoms with Crippen LogP contribution in [-0.4, -0.2) is 30.8 Å². The maximum Gasteiger partial charge on any atom is 0.253 e. The van der Waals surface area contributed by atoms with E-state index in [9.17, 15) is 9.18 Å². The molecule has 1 rings (SSSR count). The van der Waals surface area contributed by atoms with Crippen LogP contribution in [0.25, 0.3) is 0 Å². The zero-order chi connectivity index (χ0) is 13.5. The molecule has 0 saturated carbocycles. The molecular weight excluding hydrogens is 237 g/mol. The number of ether oxygens (including phenoxy) is 1. The first kappa shape index (κ1) is 14.2. The minimum atomic E-state index is -0.617. The first-order valence-corrected chi connectivity index (χ1v) is 5.31. The number of benzene rings is 1. The third kappa shape index (κ3) is 3.84. The largest absolute Gasteiger partial charge is 0.384 e. The minimum Gasteiger partial charge on any atom is -0.384 e. The number of anilines is 1. The van der Waals surface area contributed by atoms with Gasteiger partial charge in [0.25, 0.3) is 5.91 Å². The second-order valence-electron chi connectivity index (χ2n) is 3.52. The van der Waals surface area contributed by atoms with Crippen LogP contribution in [0.5, 0.6) is 0 Å². The highest BCUT2D eigenvalue weighted by Gasteiger charge is 2.13. The number of halogens is 1. The molecule has 0 aliphatic rings. The molecule has 0 bridgehead atoms. The summed E-state index contributed by atoms with van der Waals surface area (Å²) in [5.41, 5.74) is 0.687. The minimum absolute atomic E-state index is 0.306. The van der Waals surface area contributed by atoms with Crippen molar-refractivity contribution in [3.8, 4) is 11.8 Å². The fraction of sp³-hybridized carbons (Fsp3) is 0.308. The van der Waals surface area contributed by atoms with E-state index >= 15 is 0 Å². The van der Waals surface area contributed by atoms with Gasteiger partial charge in [0.05, 0.1) is 11.3 Å². The SMILES string of the molecule is COC(C)C(=O)Nc1ccc(F)cc1C#CCO. The van der Waals surface area contributed by atoms with Crippen LogP contribution >= 0.6 is 0 Å². The van der Waals surface area contributed by atoms with E-state index in [1.165, 1.54) is 25.3 Å². The van der Waals surface area contributed by atoms with Crippen molar-refractivity contribution in [2.75, 3.05) is 19.0 Å². The van der Waals surface area contributed by atoms with E-state index < -0.39 is 11.9 Å². The summed E-state index contributed by atoms with van der Waals surface area (Å²) in [6, 6.07) is 3.82. The lowest BCUT2D eigenvalue weighted by Gasteiger charge is -2.11. The normalized spacial score (nSPS) is 11.3. The Morgan fingerprint density at radius 3 is 2.94 bits per heavy atom. The second kappa shape index (κ2) is 6.74. The molecule has 1 amide bonds. The molecule has 5 heteroatoms. The Kier molecular flexibility index (Phi) is 5.31. The number of amides is 1. The maximum absolute atomic E-state index is 13.1. The fourth-order valence-electron chi connectivity index (χ4n) is 1.21. The van der Waals surface area contributed by atoms with Crippen LogP contribution in [0.4, 0.5) is 10.1 Å². The van der Waals surface area contributed by atoms with Gasteiger partial charge in [0.1, 0.15) is 18.5 Å². The quantitative estimate of drug-likeness (QED) is 0.792. The standard InChI is InChI=1S/C13H14FNO3/c1-9(18-2)13(17)15-12-6-5-11(14)8-10(12)4-3-7-16/h5-6,8-9,16H,7H2,1-2H3,(H,15,17). The highest BCUT2D eigenvalue weighted by Crippen LogP contribution is 2.16. The van der Waals surface area contributed by atoms with E-state index in [2.05, 4.69) is 17.2 Å². The Morgan fingerprint density at radius 1 is 1.61 bits per heavy atom. The van der Waals surface area contributed by atoms with Gasteiger partial charge in [-0.15, -0.1) is 0 Å². The lowest BCUT2D eigenvalue weighted by atomic mass is 10.1. The van der Waals surface area contributed by atoms with Gasteiger partial charge >= 0.3 is 0 Å². The van der Waals surface area contributed by atoms with Gasteiger partial charge in [0, 0.05) is 7.11 Å². The average molecular weight is 251 g/mol. The first-order valence-electron chi connectivity index (χ1n) is 5.31. The molecule has 18 heavy (non-hydrogen) atoms. The summed E-state index contributed by atoms with van der Waals surface area (Å²) < 4.78 is 17.9. The van der Waals surface area contributed by atoms with E-state index in [-0.39, 0.29) is 12.5 Å². The summed E-state index contributed by atoms with van der Waals surface area (Å²) in [4.78, 5) is 11.6. The van der Waals surface area contributed by atoms with Crippen molar-refractivity contribution < 1.29 is 19.0 Å². The van der Waals surface area contributed by atoms with Gasteiger partial charge in [-0.25, -0.2) is 4.39 Å². The van der Waals surface area contributed by atoms with Crippen LogP contribution in [0.2, 0.25) is 0 Å². The van der Waals surface area contributed by atoms with E-state index in [4.69, 9.17) is 9.84 Å². The summed E-state index contributed by atoms with van der Waals surface area (Å²) in [6.45, 7) is 1.26. The first-order chi connectivity index (χ1) is 8.58. The number of hydrogen-bond donors (Lipinski definition) is 2. The van der Waals surface area contributed by atoms with Crippen molar-refractivity contribution in [2.45, 2.75) is 13.0 Å². The Balaban J connectivity index is 2.97. The average Bonchev–Trinajstić information content (AvgIpc) is 2.37. The third-order valence-corrected chi connectivity index (χ3v) is 2.26. The topological polar surface area (TPSA) is 58.6 Å². The van der Waals surface area contributed by atoms with E-state index in [0.717, 1.165) is 0 Å². The molecule has 96 valence electrons. The molecule has 1 atom stereocenters. The Labute approximate surface area is 105 Å². The summed E-state index contributed by atoms with van der Waals surface area (Å²) in [6.07, 6.45) is -0.617. The lowest BCUT2D eigenvalue weighted by molar-refractivity contribution is -0.124.